The van der Waals surface area contributed by atoms with Crippen molar-refractivity contribution < 1.29 is 97.2 Å². The summed E-state index contributed by atoms with van der Waals surface area (Å²) < 4.78 is 45.6. The quantitative estimate of drug-likeness (QED) is 0.193. The second kappa shape index (κ2) is 18.1. The third-order valence-electron chi connectivity index (χ3n) is 13.8. The second-order valence-corrected chi connectivity index (χ2v) is 17.3. The monoisotopic (exact) mass is 844 g/mol. The van der Waals surface area contributed by atoms with Crippen LogP contribution in [0.1, 0.15) is 133 Å². The summed E-state index contributed by atoms with van der Waals surface area (Å²) >= 11 is 0. The van der Waals surface area contributed by atoms with E-state index in [9.17, 15) is 29.4 Å². The Kier molecular flexibility index (Phi) is 13.6. The van der Waals surface area contributed by atoms with Crippen LogP contribution in [0.4, 0.5) is 8.78 Å². The Morgan fingerprint density at radius 1 is 0.650 bits per heavy atom. The van der Waals surface area contributed by atoms with Crippen molar-refractivity contribution in [3.05, 3.63) is 78.9 Å². The summed E-state index contributed by atoms with van der Waals surface area (Å²) in [5.74, 6) is -2.24. The van der Waals surface area contributed by atoms with Crippen molar-refractivity contribution in [2.45, 2.75) is 113 Å². The number of benzene rings is 2. The Labute approximate surface area is 390 Å². The van der Waals surface area contributed by atoms with E-state index in [4.69, 9.17) is 9.47 Å². The Bertz CT molecular complexity index is 2270. The van der Waals surface area contributed by atoms with Crippen LogP contribution >= 0.6 is 0 Å². The summed E-state index contributed by atoms with van der Waals surface area (Å²) in [6.07, 6.45) is 14.3. The largest absolute Gasteiger partial charge is 1.00 e. The molecule has 16 heteroatoms. The van der Waals surface area contributed by atoms with Gasteiger partial charge in [0.1, 0.15) is 23.1 Å². The molecule has 6 unspecified atom stereocenters. The SMILES string of the molecule is COc1c(C2CC3CCCNC3C2)c(F)cc2c(=O)c(C(=O)[O-])cn(C3CC3)c12.COc1c(C2CC3CCCNC3C2)c(F)cc2c(=O)c(C(=O)[O-])cn(C3CC3)c12.[Na+].[Na+]. The summed E-state index contributed by atoms with van der Waals surface area (Å²) in [5.41, 5.74) is -0.264. The van der Waals surface area contributed by atoms with Gasteiger partial charge in [-0.2, -0.15) is 0 Å². The summed E-state index contributed by atoms with van der Waals surface area (Å²) in [6.45, 7) is 2.00. The number of halogens is 2. The molecule has 6 atom stereocenters. The third-order valence-corrected chi connectivity index (χ3v) is 13.8. The zero-order valence-corrected chi connectivity index (χ0v) is 38.7. The van der Waals surface area contributed by atoms with Gasteiger partial charge in [0.15, 0.2) is 10.9 Å². The molecule has 2 aliphatic heterocycles. The van der Waals surface area contributed by atoms with Gasteiger partial charge in [0.2, 0.25) is 0 Å². The minimum absolute atomic E-state index is 0. The van der Waals surface area contributed by atoms with E-state index in [1.807, 2.05) is 0 Å². The zero-order valence-electron chi connectivity index (χ0n) is 34.7. The van der Waals surface area contributed by atoms with Gasteiger partial charge in [-0.1, -0.05) is 0 Å². The summed E-state index contributed by atoms with van der Waals surface area (Å²) in [5, 5.41) is 30.1. The number of pyridine rings is 2. The molecule has 4 aromatic rings. The van der Waals surface area contributed by atoms with Crippen LogP contribution in [0.15, 0.2) is 34.1 Å². The fraction of sp³-hybridized carbons (Fsp3) is 0.545. The minimum Gasteiger partial charge on any atom is -0.545 e. The van der Waals surface area contributed by atoms with Crippen molar-refractivity contribution in [2.24, 2.45) is 11.8 Å². The van der Waals surface area contributed by atoms with E-state index >= 15 is 8.78 Å². The fourth-order valence-corrected chi connectivity index (χ4v) is 10.8. The van der Waals surface area contributed by atoms with E-state index in [-0.39, 0.29) is 93.8 Å². The van der Waals surface area contributed by atoms with Gasteiger partial charge in [-0.25, -0.2) is 8.78 Å². The van der Waals surface area contributed by atoms with E-state index in [2.05, 4.69) is 10.6 Å². The van der Waals surface area contributed by atoms with Crippen LogP contribution in [0.2, 0.25) is 0 Å². The van der Waals surface area contributed by atoms with E-state index in [0.717, 1.165) is 90.1 Å². The molecule has 6 aliphatic rings. The fourth-order valence-electron chi connectivity index (χ4n) is 10.8. The number of piperidine rings is 2. The molecule has 0 bridgehead atoms. The average molecular weight is 845 g/mol. The maximum Gasteiger partial charge on any atom is 1.00 e. The van der Waals surface area contributed by atoms with E-state index in [0.29, 0.717) is 57.6 Å². The second-order valence-electron chi connectivity index (χ2n) is 17.3. The number of rotatable bonds is 8. The van der Waals surface area contributed by atoms with Crippen molar-refractivity contribution >= 4 is 33.7 Å². The van der Waals surface area contributed by atoms with Crippen LogP contribution in [0.25, 0.3) is 21.8 Å². The standard InChI is InChI=1S/2C22H25FN2O4.2Na/c2*1-29-21-18(12-7-11-3-2-6-24-17(11)8-12)16(23)9-14-19(21)25(13-4-5-13)10-15(20(14)26)22(27)28;;/h2*9-13,17,24H,2-8H2,1H3,(H,27,28);;/q;;2*+1/p-2. The molecular formula is C44H48F2N4Na2O8. The van der Waals surface area contributed by atoms with Gasteiger partial charge < -0.3 is 49.0 Å². The Morgan fingerprint density at radius 3 is 1.35 bits per heavy atom. The molecule has 2 N–H and O–H groups in total. The van der Waals surface area contributed by atoms with Crippen molar-refractivity contribution in [3.8, 4) is 11.5 Å². The Hall–Kier alpha value is -2.82. The smallest absolute Gasteiger partial charge is 0.545 e. The van der Waals surface area contributed by atoms with Crippen LogP contribution in [-0.4, -0.2) is 60.5 Å². The van der Waals surface area contributed by atoms with Gasteiger partial charge in [0, 0.05) is 47.7 Å². The van der Waals surface area contributed by atoms with Crippen molar-refractivity contribution in [2.75, 3.05) is 27.3 Å². The molecule has 2 saturated heterocycles. The summed E-state index contributed by atoms with van der Waals surface area (Å²) in [4.78, 5) is 48.4. The van der Waals surface area contributed by atoms with E-state index < -0.39 is 45.6 Å². The van der Waals surface area contributed by atoms with Crippen LogP contribution < -0.4 is 100 Å². The molecule has 2 aromatic heterocycles. The number of carboxylic acid groups (broad SMARTS) is 2. The molecule has 12 nitrogen and oxygen atoms in total. The number of aromatic nitrogens is 2. The number of nitrogens with one attached hydrogen (secondary N) is 2. The van der Waals surface area contributed by atoms with Crippen LogP contribution in [-0.2, 0) is 0 Å². The number of nitrogens with zero attached hydrogens (tertiary/aromatic N) is 2. The van der Waals surface area contributed by atoms with Gasteiger partial charge in [0.05, 0.1) is 59.1 Å². The molecule has 308 valence electrons. The molecule has 2 aromatic carbocycles. The molecule has 60 heavy (non-hydrogen) atoms. The zero-order chi connectivity index (χ0) is 40.6. The first-order valence-electron chi connectivity index (χ1n) is 20.8. The molecule has 4 aliphatic carbocycles. The molecule has 0 radical (unpaired) electrons. The van der Waals surface area contributed by atoms with Gasteiger partial charge in [-0.3, -0.25) is 9.59 Å². The molecule has 6 fully saturated rings. The number of carbonyl (C=O) groups excluding carboxylic acids is 2. The number of ether oxygens (including phenoxy) is 2. The number of fused-ring (bicyclic) bond motifs is 4. The average Bonchev–Trinajstić information content (AvgIpc) is 4.15. The van der Waals surface area contributed by atoms with E-state index in [1.165, 1.54) is 38.7 Å². The number of aromatic carboxylic acids is 2. The van der Waals surface area contributed by atoms with Crippen LogP contribution in [0, 0.1) is 23.5 Å². The normalized spacial score (nSPS) is 25.6. The van der Waals surface area contributed by atoms with Crippen molar-refractivity contribution in [1.82, 2.24) is 19.8 Å². The van der Waals surface area contributed by atoms with Crippen LogP contribution in [0.3, 0.4) is 0 Å². The molecular weight excluding hydrogens is 796 g/mol. The number of methoxy groups -OCH3 is 2. The number of hydrogen-bond donors (Lipinski definition) is 2. The van der Waals surface area contributed by atoms with Crippen molar-refractivity contribution in [1.29, 1.82) is 0 Å². The number of carboxylic acids is 2. The van der Waals surface area contributed by atoms with Gasteiger partial charge >= 0.3 is 59.1 Å². The topological polar surface area (TPSA) is 167 Å². The van der Waals surface area contributed by atoms with Crippen LogP contribution in [0.5, 0.6) is 11.5 Å². The predicted octanol–water partition coefficient (Wildman–Crippen LogP) is -1.81. The first kappa shape index (κ1) is 45.2. The third kappa shape index (κ3) is 8.13. The Morgan fingerprint density at radius 2 is 1.03 bits per heavy atom. The number of carbonyl (C=O) groups is 2. The first-order chi connectivity index (χ1) is 28.0. The maximum atomic E-state index is 15.3. The predicted molar refractivity (Wildman–Crippen MR) is 208 cm³/mol. The summed E-state index contributed by atoms with van der Waals surface area (Å²) in [7, 11) is 2.98. The summed E-state index contributed by atoms with van der Waals surface area (Å²) in [6, 6.07) is 3.37. The number of hydrogen-bond acceptors (Lipinski definition) is 10. The first-order valence-corrected chi connectivity index (χ1v) is 20.8. The maximum absolute atomic E-state index is 15.3. The molecule has 4 heterocycles. The van der Waals surface area contributed by atoms with Gasteiger partial charge in [-0.05, 0) is 126 Å². The minimum atomic E-state index is -1.54. The van der Waals surface area contributed by atoms with Gasteiger partial charge in [-0.15, -0.1) is 0 Å². The molecule has 0 spiro atoms. The molecule has 10 rings (SSSR count). The van der Waals surface area contributed by atoms with Gasteiger partial charge in [0.25, 0.3) is 0 Å². The van der Waals surface area contributed by atoms with Crippen molar-refractivity contribution in [3.63, 3.8) is 0 Å². The Balaban J connectivity index is 0.000000176. The molecule has 4 saturated carbocycles. The van der Waals surface area contributed by atoms with E-state index in [1.54, 1.807) is 9.13 Å². The molecule has 0 amide bonds.